The molecule has 8 nitrogen and oxygen atoms in total. The predicted octanol–water partition coefficient (Wildman–Crippen LogP) is 2.71. The third-order valence-electron chi connectivity index (χ3n) is 4.52. The molecular formula is C20H21ClN6O2. The van der Waals surface area contributed by atoms with Crippen molar-refractivity contribution in [2.24, 2.45) is 0 Å². The van der Waals surface area contributed by atoms with Gasteiger partial charge < -0.3 is 10.2 Å². The minimum atomic E-state index is -0.304. The molecule has 0 fully saturated rings. The van der Waals surface area contributed by atoms with Gasteiger partial charge in [0, 0.05) is 23.3 Å². The fraction of sp³-hybridized carbons (Fsp3) is 0.250. The van der Waals surface area contributed by atoms with Crippen LogP contribution in [-0.4, -0.2) is 50.5 Å². The molecule has 0 spiro atoms. The lowest BCUT2D eigenvalue weighted by Gasteiger charge is -2.17. The molecule has 0 aliphatic heterocycles. The predicted molar refractivity (Wildman–Crippen MR) is 110 cm³/mol. The van der Waals surface area contributed by atoms with E-state index in [1.807, 2.05) is 32.0 Å². The van der Waals surface area contributed by atoms with Crippen LogP contribution < -0.4 is 5.32 Å². The number of amides is 2. The molecule has 1 heterocycles. The summed E-state index contributed by atoms with van der Waals surface area (Å²) in [6.07, 6.45) is 0. The van der Waals surface area contributed by atoms with Gasteiger partial charge in [-0.3, -0.25) is 9.59 Å². The number of halogens is 1. The van der Waals surface area contributed by atoms with Gasteiger partial charge >= 0.3 is 0 Å². The van der Waals surface area contributed by atoms with Crippen LogP contribution >= 0.6 is 11.6 Å². The molecule has 0 saturated carbocycles. The van der Waals surface area contributed by atoms with Gasteiger partial charge in [0.15, 0.2) is 0 Å². The van der Waals surface area contributed by atoms with Crippen molar-refractivity contribution in [2.45, 2.75) is 20.4 Å². The summed E-state index contributed by atoms with van der Waals surface area (Å²) >= 11 is 5.87. The van der Waals surface area contributed by atoms with Gasteiger partial charge in [-0.25, -0.2) is 0 Å². The summed E-state index contributed by atoms with van der Waals surface area (Å²) < 4.78 is 0. The van der Waals surface area contributed by atoms with E-state index in [-0.39, 0.29) is 24.9 Å². The van der Waals surface area contributed by atoms with E-state index < -0.39 is 0 Å². The second-order valence-electron chi connectivity index (χ2n) is 6.70. The van der Waals surface area contributed by atoms with E-state index in [0.717, 1.165) is 22.4 Å². The van der Waals surface area contributed by atoms with Gasteiger partial charge in [0.05, 0.1) is 6.54 Å². The second-order valence-corrected chi connectivity index (χ2v) is 7.13. The van der Waals surface area contributed by atoms with E-state index in [2.05, 4.69) is 20.7 Å². The molecule has 3 aromatic rings. The highest BCUT2D eigenvalue weighted by Crippen LogP contribution is 2.18. The first-order valence-electron chi connectivity index (χ1n) is 8.97. The molecule has 0 bridgehead atoms. The number of aryl methyl sites for hydroxylation is 1. The number of carbonyl (C=O) groups is 2. The number of benzene rings is 2. The van der Waals surface area contributed by atoms with Crippen molar-refractivity contribution in [3.05, 3.63) is 58.6 Å². The number of carbonyl (C=O) groups excluding carboxylic acids is 2. The van der Waals surface area contributed by atoms with Gasteiger partial charge in [0.2, 0.25) is 17.6 Å². The summed E-state index contributed by atoms with van der Waals surface area (Å²) in [5.41, 5.74) is 3.56. The Balaban J connectivity index is 1.57. The lowest BCUT2D eigenvalue weighted by Crippen LogP contribution is -2.37. The maximum Gasteiger partial charge on any atom is 0.246 e. The zero-order valence-electron chi connectivity index (χ0n) is 16.4. The standard InChI is InChI=1S/C20H21ClN6O2/c1-13-5-4-6-17(14(13)2)22-18(28)11-26(3)19(29)12-27-24-20(23-25-27)15-7-9-16(21)10-8-15/h4-10H,11-12H2,1-3H3,(H,22,28). The third-order valence-corrected chi connectivity index (χ3v) is 4.77. The molecule has 150 valence electrons. The summed E-state index contributed by atoms with van der Waals surface area (Å²) in [4.78, 5) is 27.2. The van der Waals surface area contributed by atoms with Crippen molar-refractivity contribution in [3.8, 4) is 11.4 Å². The lowest BCUT2D eigenvalue weighted by atomic mass is 10.1. The monoisotopic (exact) mass is 412 g/mol. The van der Waals surface area contributed by atoms with E-state index in [0.29, 0.717) is 10.8 Å². The highest BCUT2D eigenvalue weighted by Gasteiger charge is 2.16. The molecule has 0 saturated heterocycles. The molecule has 29 heavy (non-hydrogen) atoms. The number of anilines is 1. The van der Waals surface area contributed by atoms with Crippen molar-refractivity contribution < 1.29 is 9.59 Å². The largest absolute Gasteiger partial charge is 0.335 e. The van der Waals surface area contributed by atoms with E-state index >= 15 is 0 Å². The van der Waals surface area contributed by atoms with E-state index in [1.54, 1.807) is 31.3 Å². The fourth-order valence-electron chi connectivity index (χ4n) is 2.65. The second kappa shape index (κ2) is 8.83. The first-order valence-corrected chi connectivity index (χ1v) is 9.35. The Bertz CT molecular complexity index is 1030. The van der Waals surface area contributed by atoms with Crippen LogP contribution in [0.25, 0.3) is 11.4 Å². The molecule has 0 aliphatic carbocycles. The summed E-state index contributed by atoms with van der Waals surface area (Å²) in [7, 11) is 1.56. The van der Waals surface area contributed by atoms with Gasteiger partial charge in [-0.1, -0.05) is 23.7 Å². The minimum absolute atomic E-state index is 0.0784. The van der Waals surface area contributed by atoms with Gasteiger partial charge in [0.25, 0.3) is 0 Å². The fourth-order valence-corrected chi connectivity index (χ4v) is 2.77. The quantitative estimate of drug-likeness (QED) is 0.671. The van der Waals surface area contributed by atoms with Crippen molar-refractivity contribution in [1.29, 1.82) is 0 Å². The van der Waals surface area contributed by atoms with Crippen LogP contribution in [-0.2, 0) is 16.1 Å². The van der Waals surface area contributed by atoms with Crippen LogP contribution in [0.15, 0.2) is 42.5 Å². The molecule has 1 N–H and O–H groups in total. The minimum Gasteiger partial charge on any atom is -0.335 e. The summed E-state index contributed by atoms with van der Waals surface area (Å²) in [5.74, 6) is -0.186. The Morgan fingerprint density at radius 1 is 1.14 bits per heavy atom. The molecule has 1 aromatic heterocycles. The molecule has 3 rings (SSSR count). The number of aromatic nitrogens is 4. The number of nitrogens with one attached hydrogen (secondary N) is 1. The summed E-state index contributed by atoms with van der Waals surface area (Å²) in [5, 5.41) is 15.5. The first-order chi connectivity index (χ1) is 13.8. The number of hydrogen-bond donors (Lipinski definition) is 1. The third kappa shape index (κ3) is 5.17. The highest BCUT2D eigenvalue weighted by atomic mass is 35.5. The summed E-state index contributed by atoms with van der Waals surface area (Å²) in [6.45, 7) is 3.72. The van der Waals surface area contributed by atoms with E-state index in [9.17, 15) is 9.59 Å². The molecule has 0 radical (unpaired) electrons. The number of likely N-dealkylation sites (N-methyl/N-ethyl adjacent to an activating group) is 1. The topological polar surface area (TPSA) is 93.0 Å². The average Bonchev–Trinajstić information content (AvgIpc) is 3.14. The van der Waals surface area contributed by atoms with Gasteiger partial charge in [-0.2, -0.15) is 4.80 Å². The zero-order valence-corrected chi connectivity index (χ0v) is 17.1. The van der Waals surface area contributed by atoms with Crippen LogP contribution in [0.4, 0.5) is 5.69 Å². The molecule has 0 aliphatic rings. The average molecular weight is 413 g/mol. The first kappa shape index (κ1) is 20.5. The number of hydrogen-bond acceptors (Lipinski definition) is 5. The van der Waals surface area contributed by atoms with E-state index in [4.69, 9.17) is 11.6 Å². The molecule has 0 atom stereocenters. The normalized spacial score (nSPS) is 10.6. The Morgan fingerprint density at radius 2 is 1.86 bits per heavy atom. The number of tetrazole rings is 1. The Morgan fingerprint density at radius 3 is 2.59 bits per heavy atom. The maximum atomic E-state index is 12.4. The zero-order chi connectivity index (χ0) is 21.0. The molecule has 2 amide bonds. The molecule has 9 heteroatoms. The maximum absolute atomic E-state index is 12.4. The molecule has 2 aromatic carbocycles. The van der Waals surface area contributed by atoms with Crippen molar-refractivity contribution in [3.63, 3.8) is 0 Å². The number of rotatable bonds is 6. The van der Waals surface area contributed by atoms with Gasteiger partial charge in [-0.15, -0.1) is 10.2 Å². The Hall–Kier alpha value is -3.26. The lowest BCUT2D eigenvalue weighted by molar-refractivity contribution is -0.134. The molecule has 0 unspecified atom stereocenters. The van der Waals surface area contributed by atoms with Gasteiger partial charge in [0.1, 0.15) is 6.54 Å². The van der Waals surface area contributed by atoms with Crippen molar-refractivity contribution in [1.82, 2.24) is 25.1 Å². The SMILES string of the molecule is Cc1cccc(NC(=O)CN(C)C(=O)Cn2nnc(-c3ccc(Cl)cc3)n2)c1C. The van der Waals surface area contributed by atoms with Crippen LogP contribution in [0.5, 0.6) is 0 Å². The van der Waals surface area contributed by atoms with Crippen LogP contribution in [0.3, 0.4) is 0 Å². The molecular weight excluding hydrogens is 392 g/mol. The highest BCUT2D eigenvalue weighted by molar-refractivity contribution is 6.30. The van der Waals surface area contributed by atoms with Gasteiger partial charge in [-0.05, 0) is 60.5 Å². The Labute approximate surface area is 173 Å². The smallest absolute Gasteiger partial charge is 0.246 e. The summed E-state index contributed by atoms with van der Waals surface area (Å²) in [6, 6.07) is 12.7. The van der Waals surface area contributed by atoms with Crippen LogP contribution in [0.2, 0.25) is 5.02 Å². The van der Waals surface area contributed by atoms with Crippen LogP contribution in [0.1, 0.15) is 11.1 Å². The van der Waals surface area contributed by atoms with Crippen molar-refractivity contribution >= 4 is 29.1 Å². The van der Waals surface area contributed by atoms with E-state index in [1.165, 1.54) is 9.70 Å². The Kier molecular flexibility index (Phi) is 6.23. The van der Waals surface area contributed by atoms with Crippen molar-refractivity contribution in [2.75, 3.05) is 18.9 Å². The number of nitrogens with zero attached hydrogens (tertiary/aromatic N) is 5. The van der Waals surface area contributed by atoms with Crippen LogP contribution in [0, 0.1) is 13.8 Å².